The van der Waals surface area contributed by atoms with Gasteiger partial charge in [0.2, 0.25) is 0 Å². The van der Waals surface area contributed by atoms with Crippen LogP contribution in [0, 0.1) is 0 Å². The molecule has 0 aliphatic heterocycles. The first kappa shape index (κ1) is 30.0. The van der Waals surface area contributed by atoms with Gasteiger partial charge in [-0.15, -0.1) is 0 Å². The summed E-state index contributed by atoms with van der Waals surface area (Å²) in [5, 5.41) is 21.7. The number of rotatable bonds is 17. The molecule has 3 N–H and O–H groups in total. The summed E-state index contributed by atoms with van der Waals surface area (Å²) in [5.74, 6) is -0.757. The van der Waals surface area contributed by atoms with Gasteiger partial charge >= 0.3 is 6.09 Å². The standard InChI is InChI=1S/C23H42N2O7/c1-5-6-7-9-12-18(27)13-10-8-11-14-19(28)15-16-25(31)21(29)20(17-26)24-22(30)32-23(2,3)4/h20,26,31H,5-17H2,1-4H3,(H,24,30)/t20-/m0/s1. The van der Waals surface area contributed by atoms with E-state index in [1.54, 1.807) is 20.8 Å². The fourth-order valence-corrected chi connectivity index (χ4v) is 2.98. The predicted octanol–water partition coefficient (Wildman–Crippen LogP) is 3.54. The summed E-state index contributed by atoms with van der Waals surface area (Å²) >= 11 is 0. The number of Topliss-reactive ketones (excluding diaryl/α,β-unsaturated/α-hetero) is 2. The number of ketones is 2. The van der Waals surface area contributed by atoms with Gasteiger partial charge in [0.25, 0.3) is 5.91 Å². The molecule has 9 nitrogen and oxygen atoms in total. The van der Waals surface area contributed by atoms with Crippen LogP contribution in [0.1, 0.15) is 98.3 Å². The van der Waals surface area contributed by atoms with Crippen LogP contribution >= 0.6 is 0 Å². The van der Waals surface area contributed by atoms with Gasteiger partial charge in [-0.3, -0.25) is 19.6 Å². The Hall–Kier alpha value is -2.00. The zero-order valence-corrected chi connectivity index (χ0v) is 20.2. The number of ether oxygens (including phenoxy) is 1. The fraction of sp³-hybridized carbons (Fsp3) is 0.826. The maximum Gasteiger partial charge on any atom is 0.408 e. The number of aliphatic hydroxyl groups is 1. The van der Waals surface area contributed by atoms with Gasteiger partial charge in [0.05, 0.1) is 13.2 Å². The van der Waals surface area contributed by atoms with Crippen molar-refractivity contribution in [1.82, 2.24) is 10.4 Å². The Kier molecular flexibility index (Phi) is 15.6. The maximum absolute atomic E-state index is 12.2. The summed E-state index contributed by atoms with van der Waals surface area (Å²) in [4.78, 5) is 47.7. The van der Waals surface area contributed by atoms with E-state index >= 15 is 0 Å². The van der Waals surface area contributed by atoms with Crippen molar-refractivity contribution < 1.29 is 34.2 Å². The van der Waals surface area contributed by atoms with E-state index in [1.165, 1.54) is 0 Å². The van der Waals surface area contributed by atoms with Crippen LogP contribution < -0.4 is 5.32 Å². The number of unbranched alkanes of at least 4 members (excludes halogenated alkanes) is 5. The molecule has 2 amide bonds. The molecule has 186 valence electrons. The third kappa shape index (κ3) is 15.8. The lowest BCUT2D eigenvalue weighted by Gasteiger charge is -2.24. The van der Waals surface area contributed by atoms with Crippen LogP contribution in [0.3, 0.4) is 0 Å². The number of alkyl carbamates (subject to hydrolysis) is 1. The molecule has 0 aromatic heterocycles. The normalized spacial score (nSPS) is 12.2. The first-order valence-electron chi connectivity index (χ1n) is 11.6. The Balaban J connectivity index is 4.07. The number of nitrogens with zero attached hydrogens (tertiary/aromatic N) is 1. The van der Waals surface area contributed by atoms with E-state index in [0.717, 1.165) is 38.5 Å². The third-order valence-corrected chi connectivity index (χ3v) is 4.75. The van der Waals surface area contributed by atoms with E-state index < -0.39 is 30.3 Å². The molecule has 0 bridgehead atoms. The minimum atomic E-state index is -1.37. The molecule has 0 heterocycles. The zero-order valence-electron chi connectivity index (χ0n) is 20.2. The van der Waals surface area contributed by atoms with E-state index in [4.69, 9.17) is 4.74 Å². The molecule has 0 fully saturated rings. The van der Waals surface area contributed by atoms with Crippen LogP contribution in [0.2, 0.25) is 0 Å². The van der Waals surface area contributed by atoms with Gasteiger partial charge in [0.1, 0.15) is 23.2 Å². The Bertz CT molecular complexity index is 587. The molecule has 0 saturated carbocycles. The highest BCUT2D eigenvalue weighted by Crippen LogP contribution is 2.10. The van der Waals surface area contributed by atoms with Crippen molar-refractivity contribution in [2.75, 3.05) is 13.2 Å². The van der Waals surface area contributed by atoms with Gasteiger partial charge in [0.15, 0.2) is 0 Å². The number of nitrogens with one attached hydrogen (secondary N) is 1. The van der Waals surface area contributed by atoms with Crippen molar-refractivity contribution in [2.24, 2.45) is 0 Å². The quantitative estimate of drug-likeness (QED) is 0.172. The molecule has 9 heteroatoms. The number of carbonyl (C=O) groups excluding carboxylic acids is 4. The Morgan fingerprint density at radius 2 is 1.38 bits per heavy atom. The van der Waals surface area contributed by atoms with Gasteiger partial charge in [-0.2, -0.15) is 0 Å². The first-order chi connectivity index (χ1) is 15.0. The maximum atomic E-state index is 12.2. The van der Waals surface area contributed by atoms with Gasteiger partial charge in [-0.05, 0) is 40.0 Å². The minimum Gasteiger partial charge on any atom is -0.444 e. The van der Waals surface area contributed by atoms with Crippen LogP contribution in [0.15, 0.2) is 0 Å². The molecule has 0 unspecified atom stereocenters. The average molecular weight is 459 g/mol. The fourth-order valence-electron chi connectivity index (χ4n) is 2.98. The van der Waals surface area contributed by atoms with Crippen molar-refractivity contribution in [1.29, 1.82) is 0 Å². The van der Waals surface area contributed by atoms with E-state index in [0.29, 0.717) is 30.7 Å². The van der Waals surface area contributed by atoms with Crippen molar-refractivity contribution in [2.45, 2.75) is 110 Å². The summed E-state index contributed by atoms with van der Waals surface area (Å²) in [6.07, 6.45) is 7.11. The lowest BCUT2D eigenvalue weighted by Crippen LogP contribution is -2.51. The molecule has 1 atom stereocenters. The number of amides is 2. The van der Waals surface area contributed by atoms with Crippen molar-refractivity contribution in [3.05, 3.63) is 0 Å². The lowest BCUT2D eigenvalue weighted by atomic mass is 10.0. The second-order valence-electron chi connectivity index (χ2n) is 9.04. The van der Waals surface area contributed by atoms with Gasteiger partial charge in [-0.25, -0.2) is 9.86 Å². The second kappa shape index (κ2) is 16.6. The number of hydrogen-bond donors (Lipinski definition) is 3. The SMILES string of the molecule is CCCCCCC(=O)CCCCCC(=O)CCN(O)C(=O)[C@H](CO)NC(=O)OC(C)(C)C. The Labute approximate surface area is 191 Å². The number of aliphatic hydroxyl groups excluding tert-OH is 1. The summed E-state index contributed by atoms with van der Waals surface area (Å²) in [5.41, 5.74) is -0.777. The molecule has 0 radical (unpaired) electrons. The number of hydroxylamine groups is 2. The molecular formula is C23H42N2O7. The number of carbonyl (C=O) groups is 4. The molecule has 0 aromatic carbocycles. The largest absolute Gasteiger partial charge is 0.444 e. The average Bonchev–Trinajstić information content (AvgIpc) is 2.71. The molecular weight excluding hydrogens is 416 g/mol. The summed E-state index contributed by atoms with van der Waals surface area (Å²) in [6.45, 7) is 6.13. The third-order valence-electron chi connectivity index (χ3n) is 4.75. The molecule has 0 aliphatic rings. The van der Waals surface area contributed by atoms with Crippen molar-refractivity contribution >= 4 is 23.6 Å². The van der Waals surface area contributed by atoms with Gasteiger partial charge < -0.3 is 15.2 Å². The van der Waals surface area contributed by atoms with Gasteiger partial charge in [0, 0.05) is 25.7 Å². The topological polar surface area (TPSA) is 133 Å². The molecule has 0 aliphatic carbocycles. The highest BCUT2D eigenvalue weighted by Gasteiger charge is 2.27. The monoisotopic (exact) mass is 458 g/mol. The van der Waals surface area contributed by atoms with E-state index in [9.17, 15) is 29.5 Å². The first-order valence-corrected chi connectivity index (χ1v) is 11.6. The number of hydrogen-bond acceptors (Lipinski definition) is 7. The van der Waals surface area contributed by atoms with Crippen LogP contribution in [-0.2, 0) is 19.1 Å². The van der Waals surface area contributed by atoms with Crippen LogP contribution in [-0.4, -0.2) is 63.7 Å². The summed E-state index contributed by atoms with van der Waals surface area (Å²) in [6, 6.07) is -1.37. The summed E-state index contributed by atoms with van der Waals surface area (Å²) in [7, 11) is 0. The highest BCUT2D eigenvalue weighted by molar-refractivity contribution is 5.85. The van der Waals surface area contributed by atoms with Crippen LogP contribution in [0.4, 0.5) is 4.79 Å². The summed E-state index contributed by atoms with van der Waals surface area (Å²) < 4.78 is 5.02. The van der Waals surface area contributed by atoms with Crippen molar-refractivity contribution in [3.63, 3.8) is 0 Å². The van der Waals surface area contributed by atoms with E-state index in [1.807, 2.05) is 0 Å². The van der Waals surface area contributed by atoms with Crippen LogP contribution in [0.25, 0.3) is 0 Å². The molecule has 32 heavy (non-hydrogen) atoms. The predicted molar refractivity (Wildman–Crippen MR) is 120 cm³/mol. The van der Waals surface area contributed by atoms with Crippen LogP contribution in [0.5, 0.6) is 0 Å². The van der Waals surface area contributed by atoms with Crippen molar-refractivity contribution in [3.8, 4) is 0 Å². The minimum absolute atomic E-state index is 0.0385. The Morgan fingerprint density at radius 3 is 1.84 bits per heavy atom. The molecule has 0 saturated heterocycles. The zero-order chi connectivity index (χ0) is 24.6. The Morgan fingerprint density at radius 1 is 0.875 bits per heavy atom. The van der Waals surface area contributed by atoms with E-state index in [-0.39, 0.29) is 24.5 Å². The van der Waals surface area contributed by atoms with E-state index in [2.05, 4.69) is 12.2 Å². The molecule has 0 aromatic rings. The smallest absolute Gasteiger partial charge is 0.408 e. The van der Waals surface area contributed by atoms with Gasteiger partial charge in [-0.1, -0.05) is 32.6 Å². The molecule has 0 rings (SSSR count). The highest BCUT2D eigenvalue weighted by atomic mass is 16.6. The second-order valence-corrected chi connectivity index (χ2v) is 9.04. The molecule has 0 spiro atoms. The lowest BCUT2D eigenvalue weighted by molar-refractivity contribution is -0.169.